The molecule has 2 aromatic rings. The maximum Gasteiger partial charge on any atom is 0.335 e. The van der Waals surface area contributed by atoms with E-state index in [1.807, 2.05) is 0 Å². The Hall–Kier alpha value is -2.50. The van der Waals surface area contributed by atoms with E-state index in [1.54, 1.807) is 0 Å². The third-order valence-electron chi connectivity index (χ3n) is 2.16. The highest BCUT2D eigenvalue weighted by Crippen LogP contribution is 2.24. The number of rotatable bonds is 2. The monoisotopic (exact) mass is 218 g/mol. The predicted molar refractivity (Wildman–Crippen MR) is 55.4 cm³/mol. The molecule has 0 bridgehead atoms. The average molecular weight is 218 g/mol. The summed E-state index contributed by atoms with van der Waals surface area (Å²) in [4.78, 5) is 24.8. The number of carboxylic acids is 1. The quantitative estimate of drug-likeness (QED) is 0.613. The first-order chi connectivity index (χ1) is 7.59. The van der Waals surface area contributed by atoms with Crippen LogP contribution in [0.4, 0.5) is 5.69 Å². The van der Waals surface area contributed by atoms with Gasteiger partial charge in [0.2, 0.25) is 0 Å². The minimum Gasteiger partial charge on any atom is -0.478 e. The lowest BCUT2D eigenvalue weighted by Crippen LogP contribution is -1.97. The van der Waals surface area contributed by atoms with Gasteiger partial charge < -0.3 is 5.11 Å². The van der Waals surface area contributed by atoms with E-state index in [2.05, 4.69) is 4.98 Å². The van der Waals surface area contributed by atoms with Crippen molar-refractivity contribution in [3.63, 3.8) is 0 Å². The summed E-state index contributed by atoms with van der Waals surface area (Å²) in [5.74, 6) is -1.12. The number of pyridine rings is 1. The molecule has 2 rings (SSSR count). The molecular weight excluding hydrogens is 212 g/mol. The topological polar surface area (TPSA) is 93.3 Å². The van der Waals surface area contributed by atoms with Crippen molar-refractivity contribution in [1.82, 2.24) is 4.98 Å². The highest BCUT2D eigenvalue weighted by atomic mass is 16.6. The van der Waals surface area contributed by atoms with E-state index in [0.29, 0.717) is 5.52 Å². The standard InChI is InChI=1S/C10H6N2O4/c13-10(14)6-1-2-8-7(5-6)9(12(15)16)3-4-11-8/h1-5H,(H,13,14). The van der Waals surface area contributed by atoms with E-state index in [1.165, 1.54) is 30.5 Å². The van der Waals surface area contributed by atoms with Gasteiger partial charge in [0, 0.05) is 12.3 Å². The van der Waals surface area contributed by atoms with E-state index in [4.69, 9.17) is 5.11 Å². The lowest BCUT2D eigenvalue weighted by molar-refractivity contribution is -0.383. The predicted octanol–water partition coefficient (Wildman–Crippen LogP) is 1.84. The molecule has 1 heterocycles. The van der Waals surface area contributed by atoms with E-state index < -0.39 is 10.9 Å². The zero-order valence-corrected chi connectivity index (χ0v) is 7.95. The molecule has 0 radical (unpaired) electrons. The Labute approximate surface area is 89.3 Å². The van der Waals surface area contributed by atoms with Crippen LogP contribution in [0, 0.1) is 10.1 Å². The number of aromatic carboxylic acids is 1. The number of hydrogen-bond donors (Lipinski definition) is 1. The van der Waals surface area contributed by atoms with E-state index in [9.17, 15) is 14.9 Å². The molecule has 0 amide bonds. The van der Waals surface area contributed by atoms with Gasteiger partial charge in [-0.05, 0) is 18.2 Å². The van der Waals surface area contributed by atoms with Crippen LogP contribution in [-0.2, 0) is 0 Å². The molecule has 1 aromatic heterocycles. The first-order valence-electron chi connectivity index (χ1n) is 4.36. The first-order valence-corrected chi connectivity index (χ1v) is 4.36. The number of nitro groups is 1. The SMILES string of the molecule is O=C(O)c1ccc2nccc([N+](=O)[O-])c2c1. The largest absolute Gasteiger partial charge is 0.478 e. The van der Waals surface area contributed by atoms with Crippen LogP contribution >= 0.6 is 0 Å². The molecule has 0 aliphatic heterocycles. The first kappa shape index (κ1) is 10.0. The van der Waals surface area contributed by atoms with Crippen LogP contribution in [0.3, 0.4) is 0 Å². The zero-order valence-electron chi connectivity index (χ0n) is 7.95. The molecule has 0 saturated carbocycles. The fourth-order valence-electron chi connectivity index (χ4n) is 1.42. The molecule has 0 unspecified atom stereocenters. The van der Waals surface area contributed by atoms with Gasteiger partial charge in [0.25, 0.3) is 5.69 Å². The van der Waals surface area contributed by atoms with E-state index in [-0.39, 0.29) is 16.6 Å². The molecule has 0 saturated heterocycles. The number of aromatic nitrogens is 1. The van der Waals surface area contributed by atoms with Crippen LogP contribution in [0.1, 0.15) is 10.4 Å². The van der Waals surface area contributed by atoms with Crippen LogP contribution in [-0.4, -0.2) is 21.0 Å². The normalized spacial score (nSPS) is 10.2. The van der Waals surface area contributed by atoms with Crippen molar-refractivity contribution in [2.24, 2.45) is 0 Å². The van der Waals surface area contributed by atoms with Gasteiger partial charge in [-0.25, -0.2) is 4.79 Å². The van der Waals surface area contributed by atoms with Crippen LogP contribution in [0.15, 0.2) is 30.5 Å². The highest BCUT2D eigenvalue weighted by Gasteiger charge is 2.14. The van der Waals surface area contributed by atoms with Crippen LogP contribution in [0.25, 0.3) is 10.9 Å². The second-order valence-electron chi connectivity index (χ2n) is 3.12. The summed E-state index contributed by atoms with van der Waals surface area (Å²) in [5.41, 5.74) is 0.260. The van der Waals surface area contributed by atoms with Gasteiger partial charge in [-0.3, -0.25) is 15.1 Å². The summed E-state index contributed by atoms with van der Waals surface area (Å²) in [6, 6.07) is 5.31. The van der Waals surface area contributed by atoms with Crippen molar-refractivity contribution in [3.8, 4) is 0 Å². The molecule has 1 aromatic carbocycles. The summed E-state index contributed by atoms with van der Waals surface area (Å²) in [5, 5.41) is 19.7. The van der Waals surface area contributed by atoms with Crippen LogP contribution in [0.2, 0.25) is 0 Å². The minimum atomic E-state index is -1.12. The van der Waals surface area contributed by atoms with E-state index in [0.717, 1.165) is 0 Å². The van der Waals surface area contributed by atoms with Crippen LogP contribution < -0.4 is 0 Å². The smallest absolute Gasteiger partial charge is 0.335 e. The lowest BCUT2D eigenvalue weighted by atomic mass is 10.1. The van der Waals surface area contributed by atoms with Crippen molar-refractivity contribution in [3.05, 3.63) is 46.1 Å². The molecular formula is C10H6N2O4. The molecule has 0 spiro atoms. The van der Waals surface area contributed by atoms with Crippen molar-refractivity contribution in [2.75, 3.05) is 0 Å². The minimum absolute atomic E-state index is 0.00333. The third-order valence-corrected chi connectivity index (χ3v) is 2.16. The summed E-state index contributed by atoms with van der Waals surface area (Å²) in [7, 11) is 0. The molecule has 6 nitrogen and oxygen atoms in total. The number of carbonyl (C=O) groups is 1. The Morgan fingerprint density at radius 3 is 2.75 bits per heavy atom. The number of nitrogens with zero attached hydrogens (tertiary/aromatic N) is 2. The fraction of sp³-hybridized carbons (Fsp3) is 0. The molecule has 0 aliphatic carbocycles. The van der Waals surface area contributed by atoms with Crippen molar-refractivity contribution in [1.29, 1.82) is 0 Å². The van der Waals surface area contributed by atoms with Gasteiger partial charge in [-0.1, -0.05) is 0 Å². The highest BCUT2D eigenvalue weighted by molar-refractivity contribution is 5.96. The van der Waals surface area contributed by atoms with Crippen LogP contribution in [0.5, 0.6) is 0 Å². The maximum absolute atomic E-state index is 10.7. The van der Waals surface area contributed by atoms with Crippen molar-refractivity contribution in [2.45, 2.75) is 0 Å². The molecule has 0 fully saturated rings. The summed E-state index contributed by atoms with van der Waals surface area (Å²) >= 11 is 0. The van der Waals surface area contributed by atoms with Gasteiger partial charge >= 0.3 is 5.97 Å². The number of carboxylic acid groups (broad SMARTS) is 1. The second-order valence-corrected chi connectivity index (χ2v) is 3.12. The average Bonchev–Trinajstić information content (AvgIpc) is 2.27. The Morgan fingerprint density at radius 1 is 1.38 bits per heavy atom. The Kier molecular flexibility index (Phi) is 2.24. The molecule has 1 N–H and O–H groups in total. The molecule has 16 heavy (non-hydrogen) atoms. The lowest BCUT2D eigenvalue weighted by Gasteiger charge is -1.99. The van der Waals surface area contributed by atoms with Crippen molar-refractivity contribution >= 4 is 22.6 Å². The van der Waals surface area contributed by atoms with Crippen molar-refractivity contribution < 1.29 is 14.8 Å². The zero-order chi connectivity index (χ0) is 11.7. The number of hydrogen-bond acceptors (Lipinski definition) is 4. The Balaban J connectivity index is 2.78. The van der Waals surface area contributed by atoms with Gasteiger partial charge in [0.05, 0.1) is 21.4 Å². The fourth-order valence-corrected chi connectivity index (χ4v) is 1.42. The number of fused-ring (bicyclic) bond motifs is 1. The van der Waals surface area contributed by atoms with E-state index >= 15 is 0 Å². The molecule has 80 valence electrons. The summed E-state index contributed by atoms with van der Waals surface area (Å²) < 4.78 is 0. The molecule has 0 atom stereocenters. The van der Waals surface area contributed by atoms with Gasteiger partial charge in [-0.2, -0.15) is 0 Å². The summed E-state index contributed by atoms with van der Waals surface area (Å²) in [6.07, 6.45) is 1.32. The third kappa shape index (κ3) is 1.56. The maximum atomic E-state index is 10.7. The van der Waals surface area contributed by atoms with Gasteiger partial charge in [0.15, 0.2) is 0 Å². The van der Waals surface area contributed by atoms with Gasteiger partial charge in [0.1, 0.15) is 0 Å². The Bertz CT molecular complexity index is 594. The Morgan fingerprint density at radius 2 is 2.12 bits per heavy atom. The van der Waals surface area contributed by atoms with Gasteiger partial charge in [-0.15, -0.1) is 0 Å². The number of benzene rings is 1. The molecule has 0 aliphatic rings. The summed E-state index contributed by atoms with van der Waals surface area (Å²) in [6.45, 7) is 0. The second kappa shape index (κ2) is 3.58. The molecule has 6 heteroatoms.